The molecule has 0 radical (unpaired) electrons. The Hall–Kier alpha value is -1.10. The lowest BCUT2D eigenvalue weighted by Gasteiger charge is -2.24. The van der Waals surface area contributed by atoms with Crippen molar-refractivity contribution in [3.63, 3.8) is 0 Å². The van der Waals surface area contributed by atoms with E-state index in [4.69, 9.17) is 16.6 Å². The summed E-state index contributed by atoms with van der Waals surface area (Å²) in [4.78, 5) is 7.27. The summed E-state index contributed by atoms with van der Waals surface area (Å²) in [7, 11) is 0. The van der Waals surface area contributed by atoms with Gasteiger partial charge in [0.25, 0.3) is 0 Å². The van der Waals surface area contributed by atoms with Gasteiger partial charge in [-0.15, -0.1) is 0 Å². The van der Waals surface area contributed by atoms with Crippen LogP contribution in [-0.2, 0) is 13.1 Å². The van der Waals surface area contributed by atoms with E-state index in [0.29, 0.717) is 11.6 Å². The van der Waals surface area contributed by atoms with Crippen LogP contribution in [0.1, 0.15) is 37.9 Å². The summed E-state index contributed by atoms with van der Waals surface area (Å²) in [5.41, 5.74) is 1.98. The summed E-state index contributed by atoms with van der Waals surface area (Å²) in [5.74, 6) is 1.03. The van der Waals surface area contributed by atoms with Gasteiger partial charge in [0, 0.05) is 11.6 Å². The van der Waals surface area contributed by atoms with Crippen LogP contribution in [0.5, 0.6) is 0 Å². The lowest BCUT2D eigenvalue weighted by molar-refractivity contribution is 0.227. The molecule has 0 saturated carbocycles. The number of aliphatic hydroxyl groups is 1. The van der Waals surface area contributed by atoms with E-state index in [1.54, 1.807) is 0 Å². The zero-order valence-electron chi connectivity index (χ0n) is 13.0. The van der Waals surface area contributed by atoms with Crippen LogP contribution in [0.3, 0.4) is 0 Å². The molecule has 1 fully saturated rings. The number of benzene rings is 1. The van der Waals surface area contributed by atoms with Gasteiger partial charge in [-0.25, -0.2) is 4.98 Å². The Morgan fingerprint density at radius 2 is 1.82 bits per heavy atom. The second-order valence-corrected chi connectivity index (χ2v) is 6.52. The first-order valence-electron chi connectivity index (χ1n) is 8.26. The Morgan fingerprint density at radius 3 is 2.55 bits per heavy atom. The van der Waals surface area contributed by atoms with Gasteiger partial charge in [-0.1, -0.05) is 30.9 Å². The Labute approximate surface area is 136 Å². The molecule has 0 amide bonds. The summed E-state index contributed by atoms with van der Waals surface area (Å²) < 4.78 is 2.11. The molecule has 0 unspecified atom stereocenters. The van der Waals surface area contributed by atoms with E-state index in [1.165, 1.54) is 32.1 Å². The number of halogens is 1. The van der Waals surface area contributed by atoms with Crippen LogP contribution in [0.15, 0.2) is 18.2 Å². The van der Waals surface area contributed by atoms with Crippen LogP contribution in [-0.4, -0.2) is 39.3 Å². The number of hydrogen-bond acceptors (Lipinski definition) is 3. The minimum Gasteiger partial charge on any atom is -0.395 e. The maximum Gasteiger partial charge on any atom is 0.124 e. The van der Waals surface area contributed by atoms with Crippen molar-refractivity contribution in [1.82, 2.24) is 14.5 Å². The molecule has 2 heterocycles. The van der Waals surface area contributed by atoms with E-state index in [-0.39, 0.29) is 6.61 Å². The van der Waals surface area contributed by atoms with Gasteiger partial charge < -0.3 is 9.67 Å². The second kappa shape index (κ2) is 7.44. The minimum atomic E-state index is 0.116. The number of hydrogen-bond donors (Lipinski definition) is 1. The van der Waals surface area contributed by atoms with Gasteiger partial charge in [-0.3, -0.25) is 4.90 Å². The van der Waals surface area contributed by atoms with Gasteiger partial charge in [0.05, 0.1) is 24.2 Å². The SMILES string of the molecule is OCCn1c(CN2CCCCCCC2)nc2ccc(Cl)cc21. The predicted octanol–water partition coefficient (Wildman–Crippen LogP) is 3.45. The molecule has 3 rings (SSSR count). The quantitative estimate of drug-likeness (QED) is 0.937. The van der Waals surface area contributed by atoms with Gasteiger partial charge in [0.15, 0.2) is 0 Å². The molecule has 0 bridgehead atoms. The lowest BCUT2D eigenvalue weighted by Crippen LogP contribution is -2.28. The fourth-order valence-corrected chi connectivity index (χ4v) is 3.45. The number of aromatic nitrogens is 2. The van der Waals surface area contributed by atoms with Crippen molar-refractivity contribution < 1.29 is 5.11 Å². The van der Waals surface area contributed by atoms with Crippen molar-refractivity contribution in [3.05, 3.63) is 29.0 Å². The van der Waals surface area contributed by atoms with Crippen LogP contribution >= 0.6 is 11.6 Å². The number of likely N-dealkylation sites (tertiary alicyclic amines) is 1. The van der Waals surface area contributed by atoms with Crippen LogP contribution in [0.2, 0.25) is 5.02 Å². The molecule has 0 atom stereocenters. The first kappa shape index (κ1) is 15.8. The maximum absolute atomic E-state index is 9.38. The first-order chi connectivity index (χ1) is 10.8. The van der Waals surface area contributed by atoms with E-state index in [2.05, 4.69) is 9.47 Å². The average Bonchev–Trinajstić information content (AvgIpc) is 2.80. The van der Waals surface area contributed by atoms with E-state index in [9.17, 15) is 5.11 Å². The van der Waals surface area contributed by atoms with Crippen molar-refractivity contribution in [3.8, 4) is 0 Å². The van der Waals surface area contributed by atoms with Crippen LogP contribution in [0.25, 0.3) is 11.0 Å². The van der Waals surface area contributed by atoms with E-state index in [1.807, 2.05) is 18.2 Å². The van der Waals surface area contributed by atoms with Gasteiger partial charge in [0.1, 0.15) is 5.82 Å². The van der Waals surface area contributed by atoms with E-state index >= 15 is 0 Å². The summed E-state index contributed by atoms with van der Waals surface area (Å²) in [5, 5.41) is 10.1. The summed E-state index contributed by atoms with van der Waals surface area (Å²) in [6.07, 6.45) is 6.58. The molecule has 1 aliphatic heterocycles. The normalized spacial score (nSPS) is 17.5. The molecule has 120 valence electrons. The van der Waals surface area contributed by atoms with Crippen molar-refractivity contribution in [2.45, 2.75) is 45.2 Å². The molecule has 1 aromatic heterocycles. The van der Waals surface area contributed by atoms with Gasteiger partial charge >= 0.3 is 0 Å². The number of rotatable bonds is 4. The number of aliphatic hydroxyl groups excluding tert-OH is 1. The molecule has 5 heteroatoms. The highest BCUT2D eigenvalue weighted by molar-refractivity contribution is 6.31. The van der Waals surface area contributed by atoms with Crippen LogP contribution in [0, 0.1) is 0 Å². The fraction of sp³-hybridized carbons (Fsp3) is 0.588. The second-order valence-electron chi connectivity index (χ2n) is 6.08. The zero-order valence-corrected chi connectivity index (χ0v) is 13.7. The topological polar surface area (TPSA) is 41.3 Å². The third kappa shape index (κ3) is 3.62. The van der Waals surface area contributed by atoms with Crippen molar-refractivity contribution in [2.75, 3.05) is 19.7 Å². The van der Waals surface area contributed by atoms with Crippen LogP contribution in [0.4, 0.5) is 0 Å². The molecular weight excluding hydrogens is 298 g/mol. The largest absolute Gasteiger partial charge is 0.395 e. The zero-order chi connectivity index (χ0) is 15.4. The number of imidazole rings is 1. The average molecular weight is 322 g/mol. The van der Waals surface area contributed by atoms with Crippen molar-refractivity contribution in [1.29, 1.82) is 0 Å². The summed E-state index contributed by atoms with van der Waals surface area (Å²) in [6, 6.07) is 5.78. The molecule has 1 aromatic carbocycles. The lowest BCUT2D eigenvalue weighted by atomic mass is 10.1. The Bertz CT molecular complexity index is 618. The smallest absolute Gasteiger partial charge is 0.124 e. The molecule has 1 saturated heterocycles. The Morgan fingerprint density at radius 1 is 1.09 bits per heavy atom. The molecule has 2 aromatic rings. The Kier molecular flexibility index (Phi) is 5.34. The minimum absolute atomic E-state index is 0.116. The molecule has 4 nitrogen and oxygen atoms in total. The number of nitrogens with zero attached hydrogens (tertiary/aromatic N) is 3. The van der Waals surface area contributed by atoms with E-state index in [0.717, 1.165) is 36.5 Å². The Balaban J connectivity index is 1.86. The predicted molar refractivity (Wildman–Crippen MR) is 90.2 cm³/mol. The molecule has 0 spiro atoms. The molecular formula is C17H24ClN3O. The third-order valence-electron chi connectivity index (χ3n) is 4.43. The number of fused-ring (bicyclic) bond motifs is 1. The monoisotopic (exact) mass is 321 g/mol. The van der Waals surface area contributed by atoms with Gasteiger partial charge in [-0.05, 0) is 44.1 Å². The van der Waals surface area contributed by atoms with Crippen molar-refractivity contribution in [2.24, 2.45) is 0 Å². The summed E-state index contributed by atoms with van der Waals surface area (Å²) in [6.45, 7) is 3.82. The highest BCUT2D eigenvalue weighted by Gasteiger charge is 2.15. The van der Waals surface area contributed by atoms with Gasteiger partial charge in [0.2, 0.25) is 0 Å². The fourth-order valence-electron chi connectivity index (χ4n) is 3.29. The molecule has 1 N–H and O–H groups in total. The molecule has 1 aliphatic rings. The highest BCUT2D eigenvalue weighted by Crippen LogP contribution is 2.22. The van der Waals surface area contributed by atoms with Crippen LogP contribution < -0.4 is 0 Å². The standard InChI is InChI=1S/C17H24ClN3O/c18-14-6-7-15-16(12-14)21(10-11-22)17(19-15)13-20-8-4-2-1-3-5-9-20/h6-7,12,22H,1-5,8-11,13H2. The van der Waals surface area contributed by atoms with E-state index < -0.39 is 0 Å². The molecule has 22 heavy (non-hydrogen) atoms. The maximum atomic E-state index is 9.38. The highest BCUT2D eigenvalue weighted by atomic mass is 35.5. The summed E-state index contributed by atoms with van der Waals surface area (Å²) >= 11 is 6.12. The van der Waals surface area contributed by atoms with Crippen molar-refractivity contribution >= 4 is 22.6 Å². The first-order valence-corrected chi connectivity index (χ1v) is 8.63. The third-order valence-corrected chi connectivity index (χ3v) is 4.66. The van der Waals surface area contributed by atoms with Gasteiger partial charge in [-0.2, -0.15) is 0 Å². The molecule has 0 aliphatic carbocycles.